The first-order valence-corrected chi connectivity index (χ1v) is 9.99. The number of nitrogens with zero attached hydrogens (tertiary/aromatic N) is 1. The minimum absolute atomic E-state index is 0.0392. The van der Waals surface area contributed by atoms with E-state index in [1.54, 1.807) is 32.6 Å². The van der Waals surface area contributed by atoms with Crippen LogP contribution in [0.25, 0.3) is 0 Å². The summed E-state index contributed by atoms with van der Waals surface area (Å²) in [6.07, 6.45) is -2.97. The van der Waals surface area contributed by atoms with E-state index in [0.29, 0.717) is 13.1 Å². The molecule has 0 spiro atoms. The number of carbonyl (C=O) groups excluding carboxylic acids is 1. The van der Waals surface area contributed by atoms with Gasteiger partial charge in [-0.05, 0) is 63.5 Å². The fraction of sp³-hybridized carbons (Fsp3) is 0.667. The van der Waals surface area contributed by atoms with E-state index in [-0.39, 0.29) is 22.3 Å². The highest BCUT2D eigenvalue weighted by atomic mass is 19.4. The molecule has 1 aromatic rings. The Labute approximate surface area is 170 Å². The number of hydrogen-bond donors (Lipinski definition) is 0. The molecule has 0 N–H and O–H groups in total. The molecule has 8 heteroatoms. The largest absolute Gasteiger partial charge is 0.495 e. The number of rotatable bonds is 2. The third-order valence-electron chi connectivity index (χ3n) is 6.52. The summed E-state index contributed by atoms with van der Waals surface area (Å²) in [5, 5.41) is 0. The Morgan fingerprint density at radius 1 is 1.00 bits per heavy atom. The van der Waals surface area contributed by atoms with E-state index in [9.17, 15) is 18.0 Å². The fourth-order valence-corrected chi connectivity index (χ4v) is 3.61. The van der Waals surface area contributed by atoms with Crippen LogP contribution in [-0.4, -0.2) is 42.2 Å². The van der Waals surface area contributed by atoms with Gasteiger partial charge in [-0.25, -0.2) is 0 Å². The molecule has 2 fully saturated rings. The lowest BCUT2D eigenvalue weighted by Crippen LogP contribution is -2.42. The van der Waals surface area contributed by atoms with Crippen molar-refractivity contribution in [1.82, 2.24) is 4.90 Å². The molecule has 1 amide bonds. The molecule has 160 valence electrons. The molecule has 2 aliphatic heterocycles. The lowest BCUT2D eigenvalue weighted by atomic mass is 9.75. The lowest BCUT2D eigenvalue weighted by molar-refractivity contribution is -0.136. The minimum atomic E-state index is -4.63. The zero-order valence-electron chi connectivity index (χ0n) is 17.9. The van der Waals surface area contributed by atoms with Crippen LogP contribution in [0.5, 0.6) is 0 Å². The SMILES string of the molecule is CC1(C)CCN(C(=O)c2ccc(B3OC(C)(C)C(C)(C)O3)c(C(F)(F)F)c2)CC1. The molecule has 0 bridgehead atoms. The first-order chi connectivity index (χ1) is 13.1. The van der Waals surface area contributed by atoms with E-state index in [4.69, 9.17) is 9.31 Å². The van der Waals surface area contributed by atoms with E-state index in [2.05, 4.69) is 13.8 Å². The lowest BCUT2D eigenvalue weighted by Gasteiger charge is -2.37. The van der Waals surface area contributed by atoms with Crippen LogP contribution >= 0.6 is 0 Å². The predicted molar refractivity (Wildman–Crippen MR) is 106 cm³/mol. The average molecular weight is 411 g/mol. The number of likely N-dealkylation sites (tertiary alicyclic amines) is 1. The van der Waals surface area contributed by atoms with Crippen molar-refractivity contribution in [2.45, 2.75) is 71.8 Å². The molecule has 1 aromatic carbocycles. The molecule has 0 radical (unpaired) electrons. The first kappa shape index (κ1) is 22.2. The van der Waals surface area contributed by atoms with Gasteiger partial charge in [0.1, 0.15) is 0 Å². The molecular weight excluding hydrogens is 382 g/mol. The summed E-state index contributed by atoms with van der Waals surface area (Å²) in [6.45, 7) is 12.5. The maximum atomic E-state index is 13.8. The smallest absolute Gasteiger partial charge is 0.399 e. The van der Waals surface area contributed by atoms with Gasteiger partial charge in [0.05, 0.1) is 16.8 Å². The van der Waals surface area contributed by atoms with Gasteiger partial charge in [-0.3, -0.25) is 4.79 Å². The summed E-state index contributed by atoms with van der Waals surface area (Å²) >= 11 is 0. The summed E-state index contributed by atoms with van der Waals surface area (Å²) in [5.41, 5.74) is -2.32. The van der Waals surface area contributed by atoms with Crippen molar-refractivity contribution in [3.05, 3.63) is 29.3 Å². The van der Waals surface area contributed by atoms with Crippen molar-refractivity contribution in [2.75, 3.05) is 13.1 Å². The minimum Gasteiger partial charge on any atom is -0.399 e. The van der Waals surface area contributed by atoms with E-state index in [0.717, 1.165) is 18.9 Å². The Morgan fingerprint density at radius 2 is 1.52 bits per heavy atom. The van der Waals surface area contributed by atoms with Gasteiger partial charge in [0.15, 0.2) is 0 Å². The number of alkyl halides is 3. The van der Waals surface area contributed by atoms with Crippen LogP contribution in [0, 0.1) is 5.41 Å². The zero-order chi connectivity index (χ0) is 21.8. The second kappa shape index (κ2) is 7.01. The topological polar surface area (TPSA) is 38.8 Å². The second-order valence-corrected chi connectivity index (χ2v) is 9.84. The van der Waals surface area contributed by atoms with Crippen molar-refractivity contribution >= 4 is 18.5 Å². The van der Waals surface area contributed by atoms with Gasteiger partial charge in [0.2, 0.25) is 0 Å². The average Bonchev–Trinajstić information content (AvgIpc) is 2.80. The molecule has 4 nitrogen and oxygen atoms in total. The molecule has 0 aromatic heterocycles. The van der Waals surface area contributed by atoms with Crippen molar-refractivity contribution < 1.29 is 27.3 Å². The fourth-order valence-electron chi connectivity index (χ4n) is 3.61. The number of amides is 1. The number of carbonyl (C=O) groups is 1. The summed E-state index contributed by atoms with van der Waals surface area (Å²) < 4.78 is 53.1. The van der Waals surface area contributed by atoms with Crippen LogP contribution in [0.15, 0.2) is 18.2 Å². The second-order valence-electron chi connectivity index (χ2n) is 9.84. The molecule has 29 heavy (non-hydrogen) atoms. The molecular formula is C21H29BF3NO3. The van der Waals surface area contributed by atoms with Gasteiger partial charge in [0, 0.05) is 18.7 Å². The molecule has 2 heterocycles. The Hall–Kier alpha value is -1.54. The number of piperidine rings is 1. The Morgan fingerprint density at radius 3 is 2.00 bits per heavy atom. The Bertz CT molecular complexity index is 779. The van der Waals surface area contributed by atoms with Gasteiger partial charge in [0.25, 0.3) is 5.91 Å². The van der Waals surface area contributed by atoms with Crippen LogP contribution in [0.3, 0.4) is 0 Å². The molecule has 0 saturated carbocycles. The van der Waals surface area contributed by atoms with Crippen molar-refractivity contribution in [1.29, 1.82) is 0 Å². The quantitative estimate of drug-likeness (QED) is 0.683. The maximum absolute atomic E-state index is 13.8. The van der Waals surface area contributed by atoms with E-state index in [1.165, 1.54) is 12.1 Å². The van der Waals surface area contributed by atoms with Crippen molar-refractivity contribution in [3.8, 4) is 0 Å². The first-order valence-electron chi connectivity index (χ1n) is 9.99. The van der Waals surface area contributed by atoms with Gasteiger partial charge in [-0.1, -0.05) is 19.9 Å². The monoisotopic (exact) mass is 411 g/mol. The van der Waals surface area contributed by atoms with E-state index in [1.807, 2.05) is 0 Å². The molecule has 0 unspecified atom stereocenters. The van der Waals surface area contributed by atoms with Crippen LogP contribution in [0.2, 0.25) is 0 Å². The van der Waals surface area contributed by atoms with Gasteiger partial charge < -0.3 is 14.2 Å². The van der Waals surface area contributed by atoms with Crippen LogP contribution in [0.1, 0.15) is 70.3 Å². The van der Waals surface area contributed by atoms with Gasteiger partial charge in [-0.15, -0.1) is 0 Å². The maximum Gasteiger partial charge on any atom is 0.495 e. The van der Waals surface area contributed by atoms with Crippen molar-refractivity contribution in [2.24, 2.45) is 5.41 Å². The third kappa shape index (κ3) is 4.33. The highest BCUT2D eigenvalue weighted by Crippen LogP contribution is 2.38. The van der Waals surface area contributed by atoms with E-state index >= 15 is 0 Å². The third-order valence-corrected chi connectivity index (χ3v) is 6.52. The van der Waals surface area contributed by atoms with Crippen molar-refractivity contribution in [3.63, 3.8) is 0 Å². The predicted octanol–water partition coefficient (Wildman–Crippen LogP) is 4.27. The molecule has 0 aliphatic carbocycles. The molecule has 3 rings (SSSR count). The van der Waals surface area contributed by atoms with Crippen LogP contribution in [-0.2, 0) is 15.5 Å². The normalized spacial score (nSPS) is 23.3. The summed E-state index contributed by atoms with van der Waals surface area (Å²) in [4.78, 5) is 14.5. The van der Waals surface area contributed by atoms with Crippen LogP contribution < -0.4 is 5.46 Å². The highest BCUT2D eigenvalue weighted by molar-refractivity contribution is 6.62. The molecule has 2 saturated heterocycles. The highest BCUT2D eigenvalue weighted by Gasteiger charge is 2.53. The molecule has 2 aliphatic rings. The summed E-state index contributed by atoms with van der Waals surface area (Å²) in [5.74, 6) is -0.369. The Kier molecular flexibility index (Phi) is 5.36. The zero-order valence-corrected chi connectivity index (χ0v) is 17.9. The summed E-state index contributed by atoms with van der Waals surface area (Å²) in [7, 11) is -1.14. The summed E-state index contributed by atoms with van der Waals surface area (Å²) in [6, 6.07) is 3.69. The molecule has 0 atom stereocenters. The van der Waals surface area contributed by atoms with E-state index < -0.39 is 30.1 Å². The van der Waals surface area contributed by atoms with Gasteiger partial charge in [-0.2, -0.15) is 13.2 Å². The standard InChI is InChI=1S/C21H29BF3NO3/c1-18(2)9-11-26(12-10-18)17(27)14-7-8-16(15(13-14)21(23,24)25)22-28-19(3,4)20(5,6)29-22/h7-8,13H,9-12H2,1-6H3. The van der Waals surface area contributed by atoms with Crippen LogP contribution in [0.4, 0.5) is 13.2 Å². The Balaban J connectivity index is 1.91. The number of halogens is 3. The number of hydrogen-bond acceptors (Lipinski definition) is 3. The van der Waals surface area contributed by atoms with Gasteiger partial charge >= 0.3 is 13.3 Å². The number of benzene rings is 1.